The van der Waals surface area contributed by atoms with Crippen LogP contribution in [0.2, 0.25) is 0 Å². The highest BCUT2D eigenvalue weighted by Crippen LogP contribution is 2.28. The fourth-order valence-corrected chi connectivity index (χ4v) is 4.24. The average molecular weight is 417 g/mol. The monoisotopic (exact) mass is 417 g/mol. The number of nitrogens with two attached hydrogens (primary N) is 1. The second-order valence-corrected chi connectivity index (χ2v) is 7.04. The molecule has 0 bridgehead atoms. The first kappa shape index (κ1) is 16.9. The van der Waals surface area contributed by atoms with Gasteiger partial charge in [0.15, 0.2) is 5.96 Å². The third-order valence-corrected chi connectivity index (χ3v) is 5.53. The number of fused-ring (bicyclic) bond motifs is 1. The maximum atomic E-state index is 6.05. The Balaban J connectivity index is 0.00000161. The van der Waals surface area contributed by atoms with Crippen molar-refractivity contribution in [2.24, 2.45) is 10.7 Å². The standard InChI is InChI=1S/C16H23N3S.HI/c17-16(18-11-13-7-4-10-20-13)19-15-9-3-6-12-5-1-2-8-14(12)15;/h3,6,9,13H,1-2,4-5,7-8,10-11H2,(H3,17,18,19);1H. The molecule has 0 spiro atoms. The highest BCUT2D eigenvalue weighted by Gasteiger charge is 2.15. The minimum Gasteiger partial charge on any atom is -0.370 e. The highest BCUT2D eigenvalue weighted by molar-refractivity contribution is 14.0. The molecule has 116 valence electrons. The summed E-state index contributed by atoms with van der Waals surface area (Å²) in [6.45, 7) is 0.846. The van der Waals surface area contributed by atoms with E-state index < -0.39 is 0 Å². The second-order valence-electron chi connectivity index (χ2n) is 5.64. The van der Waals surface area contributed by atoms with E-state index >= 15 is 0 Å². The molecule has 0 amide bonds. The summed E-state index contributed by atoms with van der Waals surface area (Å²) in [5.41, 5.74) is 10.1. The van der Waals surface area contributed by atoms with Gasteiger partial charge in [-0.15, -0.1) is 24.0 Å². The molecule has 1 aromatic rings. The number of halogens is 1. The lowest BCUT2D eigenvalue weighted by Gasteiger charge is -2.20. The summed E-state index contributed by atoms with van der Waals surface area (Å²) in [6, 6.07) is 6.48. The molecule has 0 saturated carbocycles. The number of nitrogens with zero attached hydrogens (tertiary/aromatic N) is 1. The van der Waals surface area contributed by atoms with E-state index in [-0.39, 0.29) is 24.0 Å². The van der Waals surface area contributed by atoms with Crippen LogP contribution in [-0.2, 0) is 12.8 Å². The molecule has 1 aliphatic carbocycles. The molecule has 5 heteroatoms. The predicted molar refractivity (Wildman–Crippen MR) is 104 cm³/mol. The first-order valence-corrected chi connectivity index (χ1v) is 8.67. The Hall–Kier alpha value is -0.430. The van der Waals surface area contributed by atoms with E-state index in [2.05, 4.69) is 28.5 Å². The predicted octanol–water partition coefficient (Wildman–Crippen LogP) is 3.81. The number of aryl methyl sites for hydroxylation is 1. The molecule has 1 heterocycles. The zero-order valence-electron chi connectivity index (χ0n) is 12.3. The molecule has 2 aliphatic rings. The normalized spacial score (nSPS) is 21.5. The highest BCUT2D eigenvalue weighted by atomic mass is 127. The summed E-state index contributed by atoms with van der Waals surface area (Å²) in [5, 5.41) is 3.98. The fourth-order valence-electron chi connectivity index (χ4n) is 3.06. The van der Waals surface area contributed by atoms with Gasteiger partial charge in [-0.3, -0.25) is 4.99 Å². The number of thioether (sulfide) groups is 1. The molecular weight excluding hydrogens is 393 g/mol. The maximum absolute atomic E-state index is 6.05. The van der Waals surface area contributed by atoms with Crippen LogP contribution in [0, 0.1) is 0 Å². The van der Waals surface area contributed by atoms with Crippen molar-refractivity contribution in [1.82, 2.24) is 0 Å². The SMILES string of the molecule is I.NC(=NCC1CCCS1)Nc1cccc2c1CCCC2. The van der Waals surface area contributed by atoms with E-state index in [0.29, 0.717) is 11.2 Å². The van der Waals surface area contributed by atoms with Crippen molar-refractivity contribution in [2.45, 2.75) is 43.8 Å². The zero-order chi connectivity index (χ0) is 13.8. The summed E-state index contributed by atoms with van der Waals surface area (Å²) in [5.74, 6) is 1.84. The number of rotatable bonds is 3. The van der Waals surface area contributed by atoms with Crippen LogP contribution < -0.4 is 11.1 Å². The smallest absolute Gasteiger partial charge is 0.193 e. The van der Waals surface area contributed by atoms with Crippen LogP contribution in [0.3, 0.4) is 0 Å². The van der Waals surface area contributed by atoms with E-state index in [1.54, 1.807) is 0 Å². The molecule has 3 N–H and O–H groups in total. The van der Waals surface area contributed by atoms with Crippen LogP contribution in [-0.4, -0.2) is 23.5 Å². The van der Waals surface area contributed by atoms with E-state index in [1.165, 1.54) is 49.0 Å². The third kappa shape index (κ3) is 4.52. The van der Waals surface area contributed by atoms with E-state index in [4.69, 9.17) is 5.73 Å². The molecule has 3 rings (SSSR count). The third-order valence-electron chi connectivity index (χ3n) is 4.15. The minimum absolute atomic E-state index is 0. The lowest BCUT2D eigenvalue weighted by molar-refractivity contribution is 0.687. The summed E-state index contributed by atoms with van der Waals surface area (Å²) in [7, 11) is 0. The van der Waals surface area contributed by atoms with Gasteiger partial charge in [-0.1, -0.05) is 12.1 Å². The van der Waals surface area contributed by atoms with Crippen LogP contribution in [0.5, 0.6) is 0 Å². The first-order valence-electron chi connectivity index (χ1n) is 7.62. The number of nitrogens with one attached hydrogen (secondary N) is 1. The van der Waals surface area contributed by atoms with Crippen molar-refractivity contribution < 1.29 is 0 Å². The van der Waals surface area contributed by atoms with Gasteiger partial charge in [0.2, 0.25) is 0 Å². The van der Waals surface area contributed by atoms with Crippen LogP contribution >= 0.6 is 35.7 Å². The molecule has 21 heavy (non-hydrogen) atoms. The van der Waals surface area contributed by atoms with Gasteiger partial charge in [0, 0.05) is 10.9 Å². The maximum Gasteiger partial charge on any atom is 0.193 e. The Kier molecular flexibility index (Phi) is 6.67. The molecule has 0 aromatic heterocycles. The van der Waals surface area contributed by atoms with Crippen molar-refractivity contribution >= 4 is 47.4 Å². The lowest BCUT2D eigenvalue weighted by Crippen LogP contribution is -2.25. The molecule has 1 unspecified atom stereocenters. The average Bonchev–Trinajstić information content (AvgIpc) is 2.99. The molecule has 3 nitrogen and oxygen atoms in total. The zero-order valence-corrected chi connectivity index (χ0v) is 15.5. The molecule has 1 atom stereocenters. The number of hydrogen-bond donors (Lipinski definition) is 2. The van der Waals surface area contributed by atoms with E-state index in [9.17, 15) is 0 Å². The topological polar surface area (TPSA) is 50.4 Å². The number of guanidine groups is 1. The Morgan fingerprint density at radius 3 is 2.95 bits per heavy atom. The number of anilines is 1. The number of benzene rings is 1. The number of aliphatic imine (C=N–C) groups is 1. The van der Waals surface area contributed by atoms with Crippen LogP contribution in [0.25, 0.3) is 0 Å². The van der Waals surface area contributed by atoms with Gasteiger partial charge in [0.05, 0.1) is 6.54 Å². The summed E-state index contributed by atoms with van der Waals surface area (Å²) in [6.07, 6.45) is 7.54. The van der Waals surface area contributed by atoms with Crippen LogP contribution in [0.4, 0.5) is 5.69 Å². The molecule has 1 aromatic carbocycles. The number of hydrogen-bond acceptors (Lipinski definition) is 2. The quantitative estimate of drug-likeness (QED) is 0.447. The minimum atomic E-state index is 0. The van der Waals surface area contributed by atoms with Gasteiger partial charge in [-0.2, -0.15) is 11.8 Å². The van der Waals surface area contributed by atoms with Gasteiger partial charge >= 0.3 is 0 Å². The van der Waals surface area contributed by atoms with Crippen LogP contribution in [0.15, 0.2) is 23.2 Å². The summed E-state index contributed by atoms with van der Waals surface area (Å²) < 4.78 is 0. The Labute approximate surface area is 148 Å². The van der Waals surface area contributed by atoms with Gasteiger partial charge in [-0.05, 0) is 61.5 Å². The Morgan fingerprint density at radius 2 is 2.14 bits per heavy atom. The van der Waals surface area contributed by atoms with Crippen molar-refractivity contribution in [2.75, 3.05) is 17.6 Å². The van der Waals surface area contributed by atoms with Crippen molar-refractivity contribution in [3.05, 3.63) is 29.3 Å². The molecular formula is C16H24IN3S. The largest absolute Gasteiger partial charge is 0.370 e. The van der Waals surface area contributed by atoms with Gasteiger partial charge in [0.25, 0.3) is 0 Å². The Morgan fingerprint density at radius 1 is 1.29 bits per heavy atom. The lowest BCUT2D eigenvalue weighted by atomic mass is 9.90. The molecule has 1 saturated heterocycles. The molecule has 1 aliphatic heterocycles. The summed E-state index contributed by atoms with van der Waals surface area (Å²) >= 11 is 2.02. The van der Waals surface area contributed by atoms with Gasteiger partial charge < -0.3 is 11.1 Å². The fraction of sp³-hybridized carbons (Fsp3) is 0.562. The van der Waals surface area contributed by atoms with Crippen molar-refractivity contribution in [3.8, 4) is 0 Å². The van der Waals surface area contributed by atoms with E-state index in [0.717, 1.165) is 18.7 Å². The Bertz CT molecular complexity index is 498. The van der Waals surface area contributed by atoms with E-state index in [1.807, 2.05) is 11.8 Å². The van der Waals surface area contributed by atoms with Crippen LogP contribution in [0.1, 0.15) is 36.8 Å². The van der Waals surface area contributed by atoms with Crippen molar-refractivity contribution in [3.63, 3.8) is 0 Å². The first-order chi connectivity index (χ1) is 9.83. The second kappa shape index (κ2) is 8.27. The summed E-state index contributed by atoms with van der Waals surface area (Å²) in [4.78, 5) is 4.51. The van der Waals surface area contributed by atoms with Gasteiger partial charge in [0.1, 0.15) is 0 Å². The molecule has 1 fully saturated rings. The molecule has 0 radical (unpaired) electrons. The van der Waals surface area contributed by atoms with Crippen molar-refractivity contribution in [1.29, 1.82) is 0 Å². The van der Waals surface area contributed by atoms with Gasteiger partial charge in [-0.25, -0.2) is 0 Å².